The standard InChI is InChI=1S/C27H27N3O6/c1-17(31)18-7-11-20(12-8-18)29-27(34)36-26(19-9-13-21(32)14-10-19)24(35-2)15-16-25(33)30-23-6-4-3-5-22(23)28/h3-16,24,26,32H,28H2,1-2H3,(H,29,34)(H,30,33)/b16-15+/t24-,26-/m0/s1. The van der Waals surface area contributed by atoms with Gasteiger partial charge in [-0.05, 0) is 67.1 Å². The number of benzene rings is 3. The van der Waals surface area contributed by atoms with Gasteiger partial charge in [-0.2, -0.15) is 0 Å². The normalized spacial score (nSPS) is 12.5. The number of carbonyl (C=O) groups is 3. The van der Waals surface area contributed by atoms with Gasteiger partial charge in [-0.3, -0.25) is 14.9 Å². The fraction of sp³-hybridized carbons (Fsp3) is 0.148. The summed E-state index contributed by atoms with van der Waals surface area (Å²) in [6, 6.07) is 19.3. The van der Waals surface area contributed by atoms with Gasteiger partial charge in [0.05, 0.1) is 11.4 Å². The molecule has 0 saturated heterocycles. The first-order chi connectivity index (χ1) is 17.3. The second kappa shape index (κ2) is 12.2. The monoisotopic (exact) mass is 489 g/mol. The number of hydrogen-bond donors (Lipinski definition) is 4. The summed E-state index contributed by atoms with van der Waals surface area (Å²) in [7, 11) is 1.41. The number of Topliss-reactive ketones (excluding diaryl/α,β-unsaturated/α-hetero) is 1. The zero-order valence-electron chi connectivity index (χ0n) is 19.8. The highest BCUT2D eigenvalue weighted by Gasteiger charge is 2.26. The number of nitrogens with one attached hydrogen (secondary N) is 2. The molecule has 0 unspecified atom stereocenters. The Balaban J connectivity index is 1.77. The molecule has 0 aromatic heterocycles. The van der Waals surface area contributed by atoms with Crippen molar-refractivity contribution in [3.05, 3.63) is 96.1 Å². The number of amides is 2. The van der Waals surface area contributed by atoms with Crippen molar-refractivity contribution in [3.63, 3.8) is 0 Å². The second-order valence-electron chi connectivity index (χ2n) is 7.81. The summed E-state index contributed by atoms with van der Waals surface area (Å²) < 4.78 is 11.2. The van der Waals surface area contributed by atoms with Crippen LogP contribution < -0.4 is 16.4 Å². The summed E-state index contributed by atoms with van der Waals surface area (Å²) in [5.74, 6) is -0.503. The molecule has 3 rings (SSSR count). The lowest BCUT2D eigenvalue weighted by molar-refractivity contribution is -0.112. The molecule has 36 heavy (non-hydrogen) atoms. The minimum Gasteiger partial charge on any atom is -0.508 e. The minimum absolute atomic E-state index is 0.0387. The van der Waals surface area contributed by atoms with E-state index in [0.29, 0.717) is 28.2 Å². The van der Waals surface area contributed by atoms with E-state index in [1.54, 1.807) is 60.7 Å². The minimum atomic E-state index is -0.960. The lowest BCUT2D eigenvalue weighted by atomic mass is 10.0. The summed E-state index contributed by atoms with van der Waals surface area (Å²) >= 11 is 0. The summed E-state index contributed by atoms with van der Waals surface area (Å²) in [5, 5.41) is 14.9. The highest BCUT2D eigenvalue weighted by Crippen LogP contribution is 2.27. The number of rotatable bonds is 9. The Morgan fingerprint density at radius 2 is 1.61 bits per heavy atom. The first-order valence-electron chi connectivity index (χ1n) is 11.0. The topological polar surface area (TPSA) is 140 Å². The van der Waals surface area contributed by atoms with Crippen LogP contribution in [0.25, 0.3) is 0 Å². The lowest BCUT2D eigenvalue weighted by Gasteiger charge is -2.24. The van der Waals surface area contributed by atoms with E-state index in [-0.39, 0.29) is 11.5 Å². The third kappa shape index (κ3) is 7.18. The molecule has 0 radical (unpaired) electrons. The summed E-state index contributed by atoms with van der Waals surface area (Å²) in [4.78, 5) is 36.6. The maximum Gasteiger partial charge on any atom is 0.412 e. The molecule has 186 valence electrons. The van der Waals surface area contributed by atoms with Crippen LogP contribution in [0.1, 0.15) is 28.9 Å². The Kier molecular flexibility index (Phi) is 8.79. The molecule has 0 aliphatic carbocycles. The van der Waals surface area contributed by atoms with E-state index in [1.807, 2.05) is 0 Å². The molecule has 9 nitrogen and oxygen atoms in total. The summed E-state index contributed by atoms with van der Waals surface area (Å²) in [6.07, 6.45) is 0.134. The van der Waals surface area contributed by atoms with E-state index < -0.39 is 24.2 Å². The van der Waals surface area contributed by atoms with Crippen LogP contribution in [0.5, 0.6) is 5.75 Å². The second-order valence-corrected chi connectivity index (χ2v) is 7.81. The molecular formula is C27H27N3O6. The van der Waals surface area contributed by atoms with Crippen LogP contribution in [0, 0.1) is 0 Å². The molecule has 5 N–H and O–H groups in total. The van der Waals surface area contributed by atoms with Crippen LogP contribution >= 0.6 is 0 Å². The molecular weight excluding hydrogens is 462 g/mol. The molecule has 2 atom stereocenters. The molecule has 0 bridgehead atoms. The number of para-hydroxylation sites is 2. The fourth-order valence-electron chi connectivity index (χ4n) is 3.31. The fourth-order valence-corrected chi connectivity index (χ4v) is 3.31. The van der Waals surface area contributed by atoms with Gasteiger partial charge in [-0.25, -0.2) is 4.79 Å². The number of nitrogens with two attached hydrogens (primary N) is 1. The lowest BCUT2D eigenvalue weighted by Crippen LogP contribution is -2.27. The van der Waals surface area contributed by atoms with Crippen molar-refractivity contribution in [1.29, 1.82) is 0 Å². The van der Waals surface area contributed by atoms with Gasteiger partial charge in [0.1, 0.15) is 11.9 Å². The average Bonchev–Trinajstić information content (AvgIpc) is 2.86. The summed E-state index contributed by atoms with van der Waals surface area (Å²) in [6.45, 7) is 1.45. The van der Waals surface area contributed by atoms with E-state index in [4.69, 9.17) is 15.2 Å². The number of phenols is 1. The number of nitrogen functional groups attached to an aromatic ring is 1. The Hall–Kier alpha value is -4.63. The van der Waals surface area contributed by atoms with Crippen molar-refractivity contribution in [2.45, 2.75) is 19.1 Å². The predicted octanol–water partition coefficient (Wildman–Crippen LogP) is 4.68. The van der Waals surface area contributed by atoms with Gasteiger partial charge in [0.15, 0.2) is 11.9 Å². The van der Waals surface area contributed by atoms with Crippen molar-refractivity contribution >= 4 is 34.8 Å². The number of ether oxygens (including phenoxy) is 2. The van der Waals surface area contributed by atoms with Gasteiger partial charge in [0, 0.05) is 24.4 Å². The number of phenolic OH excluding ortho intramolecular Hbond substituents is 1. The molecule has 0 aliphatic rings. The van der Waals surface area contributed by atoms with Crippen molar-refractivity contribution in [2.75, 3.05) is 23.5 Å². The number of methoxy groups -OCH3 is 1. The maximum atomic E-state index is 12.7. The van der Waals surface area contributed by atoms with E-state index in [9.17, 15) is 19.5 Å². The first-order valence-corrected chi connectivity index (χ1v) is 11.0. The SMILES string of the molecule is CO[C@@H](/C=C/C(=O)Nc1ccccc1N)[C@@H](OC(=O)Nc1ccc(C(C)=O)cc1)c1ccc(O)cc1. The van der Waals surface area contributed by atoms with Gasteiger partial charge in [0.2, 0.25) is 5.91 Å². The quantitative estimate of drug-likeness (QED) is 0.194. The van der Waals surface area contributed by atoms with Gasteiger partial charge in [-0.15, -0.1) is 0 Å². The molecule has 3 aromatic rings. The predicted molar refractivity (Wildman–Crippen MR) is 137 cm³/mol. The van der Waals surface area contributed by atoms with Gasteiger partial charge >= 0.3 is 6.09 Å². The highest BCUT2D eigenvalue weighted by atomic mass is 16.6. The van der Waals surface area contributed by atoms with Crippen LogP contribution in [0.15, 0.2) is 84.9 Å². The third-order valence-corrected chi connectivity index (χ3v) is 5.22. The molecule has 3 aromatic carbocycles. The van der Waals surface area contributed by atoms with Crippen LogP contribution in [0.4, 0.5) is 21.9 Å². The zero-order valence-corrected chi connectivity index (χ0v) is 19.8. The smallest absolute Gasteiger partial charge is 0.412 e. The Labute approximate surface area is 208 Å². The Morgan fingerprint density at radius 1 is 0.944 bits per heavy atom. The average molecular weight is 490 g/mol. The van der Waals surface area contributed by atoms with Crippen molar-refractivity contribution < 1.29 is 29.0 Å². The van der Waals surface area contributed by atoms with Crippen LogP contribution in [0.3, 0.4) is 0 Å². The van der Waals surface area contributed by atoms with Crippen molar-refractivity contribution in [3.8, 4) is 5.75 Å². The molecule has 2 amide bonds. The molecule has 0 fully saturated rings. The number of ketones is 1. The van der Waals surface area contributed by atoms with E-state index in [0.717, 1.165) is 0 Å². The molecule has 0 aliphatic heterocycles. The molecule has 9 heteroatoms. The maximum absolute atomic E-state index is 12.7. The van der Waals surface area contributed by atoms with E-state index in [2.05, 4.69) is 10.6 Å². The number of aromatic hydroxyl groups is 1. The Morgan fingerprint density at radius 3 is 2.22 bits per heavy atom. The molecule has 0 saturated carbocycles. The number of anilines is 3. The molecule has 0 heterocycles. The van der Waals surface area contributed by atoms with Crippen LogP contribution in [-0.4, -0.2) is 36.1 Å². The van der Waals surface area contributed by atoms with Crippen molar-refractivity contribution in [1.82, 2.24) is 0 Å². The number of carbonyl (C=O) groups excluding carboxylic acids is 3. The van der Waals surface area contributed by atoms with Crippen LogP contribution in [0.2, 0.25) is 0 Å². The van der Waals surface area contributed by atoms with Gasteiger partial charge in [-0.1, -0.05) is 24.3 Å². The largest absolute Gasteiger partial charge is 0.508 e. The van der Waals surface area contributed by atoms with Gasteiger partial charge < -0.3 is 25.6 Å². The zero-order chi connectivity index (χ0) is 26.1. The van der Waals surface area contributed by atoms with E-state index >= 15 is 0 Å². The molecule has 0 spiro atoms. The van der Waals surface area contributed by atoms with Gasteiger partial charge in [0.25, 0.3) is 0 Å². The number of hydrogen-bond acceptors (Lipinski definition) is 7. The third-order valence-electron chi connectivity index (χ3n) is 5.22. The van der Waals surface area contributed by atoms with Crippen LogP contribution in [-0.2, 0) is 14.3 Å². The Bertz CT molecular complexity index is 1240. The first kappa shape index (κ1) is 26.0. The summed E-state index contributed by atoms with van der Waals surface area (Å²) in [5.41, 5.74) is 8.21. The van der Waals surface area contributed by atoms with Crippen molar-refractivity contribution in [2.24, 2.45) is 0 Å². The van der Waals surface area contributed by atoms with E-state index in [1.165, 1.54) is 38.3 Å². The highest BCUT2D eigenvalue weighted by molar-refractivity contribution is 6.01.